The maximum absolute atomic E-state index is 13.5. The first-order chi connectivity index (χ1) is 14.4. The number of hydrogen-bond acceptors (Lipinski definition) is 2. The summed E-state index contributed by atoms with van der Waals surface area (Å²) in [6.45, 7) is 0. The van der Waals surface area contributed by atoms with Gasteiger partial charge in [-0.2, -0.15) is 4.72 Å². The van der Waals surface area contributed by atoms with Gasteiger partial charge in [0.1, 0.15) is 16.8 Å². The number of halogens is 10. The highest BCUT2D eigenvalue weighted by Crippen LogP contribution is 2.25. The van der Waals surface area contributed by atoms with E-state index >= 15 is 0 Å². The summed E-state index contributed by atoms with van der Waals surface area (Å²) in [5.41, 5.74) is -2.97. The molecule has 0 aliphatic rings. The molecule has 1 unspecified atom stereocenters. The summed E-state index contributed by atoms with van der Waals surface area (Å²) >= 11 is -2.67. The summed E-state index contributed by atoms with van der Waals surface area (Å²) in [7, 11) is 0. The first-order valence-corrected chi connectivity index (χ1v) is 8.70. The van der Waals surface area contributed by atoms with Gasteiger partial charge in [0.2, 0.25) is 11.6 Å². The van der Waals surface area contributed by atoms with Crippen LogP contribution in [0.25, 0.3) is 12.2 Å². The predicted octanol–water partition coefficient (Wildman–Crippen LogP) is 4.54. The second-order valence-corrected chi connectivity index (χ2v) is 6.44. The number of rotatable bonds is 5. The van der Waals surface area contributed by atoms with Gasteiger partial charge in [0, 0.05) is 12.2 Å². The van der Waals surface area contributed by atoms with Crippen LogP contribution in [-0.2, 0) is 16.2 Å². The summed E-state index contributed by atoms with van der Waals surface area (Å²) in [6, 6.07) is 0. The van der Waals surface area contributed by atoms with Gasteiger partial charge in [0.15, 0.2) is 46.5 Å². The lowest BCUT2D eigenvalue weighted by Crippen LogP contribution is -2.27. The average molecular weight is 477 g/mol. The van der Waals surface area contributed by atoms with Gasteiger partial charge in [0.25, 0.3) is 5.91 Å². The number of amides is 1. The van der Waals surface area contributed by atoms with E-state index in [1.54, 1.807) is 0 Å². The maximum Gasteiger partial charge on any atom is 0.285 e. The molecule has 0 heterocycles. The number of benzene rings is 2. The molecule has 1 amide bonds. The zero-order chi connectivity index (χ0) is 23.6. The Kier molecular flexibility index (Phi) is 7.38. The number of carbonyl (C=O) groups excluding carboxylic acids is 1. The molecule has 2 rings (SSSR count). The molecule has 2 aromatic carbocycles. The number of nitrogens with one attached hydrogen (secondary N) is 1. The van der Waals surface area contributed by atoms with Gasteiger partial charge in [-0.1, -0.05) is 0 Å². The molecular weight excluding hydrogens is 472 g/mol. The second kappa shape index (κ2) is 9.43. The van der Waals surface area contributed by atoms with E-state index in [2.05, 4.69) is 0 Å². The quantitative estimate of drug-likeness (QED) is 0.226. The fourth-order valence-corrected chi connectivity index (χ4v) is 2.59. The van der Waals surface area contributed by atoms with Crippen LogP contribution in [0.3, 0.4) is 0 Å². The van der Waals surface area contributed by atoms with Crippen molar-refractivity contribution in [2.75, 3.05) is 0 Å². The van der Waals surface area contributed by atoms with E-state index in [9.17, 15) is 53.3 Å². The van der Waals surface area contributed by atoms with E-state index < -0.39 is 86.6 Å². The summed E-state index contributed by atoms with van der Waals surface area (Å²) in [5.74, 6) is -24.4. The first kappa shape index (κ1) is 24.3. The Morgan fingerprint density at radius 3 is 1.32 bits per heavy atom. The van der Waals surface area contributed by atoms with E-state index in [-0.39, 0.29) is 18.2 Å². The molecule has 0 aliphatic carbocycles. The SMILES string of the molecule is O=C(/C=C/c1c(F)c(F)c(F)c(F)c1F)N[S+]([O-])/C=C\c1c(F)c(F)c(F)c(F)c1F. The molecule has 0 bridgehead atoms. The van der Waals surface area contributed by atoms with Gasteiger partial charge in [-0.15, -0.1) is 0 Å². The lowest BCUT2D eigenvalue weighted by atomic mass is 10.1. The van der Waals surface area contributed by atoms with Crippen molar-refractivity contribution in [3.8, 4) is 0 Å². The molecule has 1 N–H and O–H groups in total. The van der Waals surface area contributed by atoms with Gasteiger partial charge >= 0.3 is 0 Å². The van der Waals surface area contributed by atoms with Crippen LogP contribution < -0.4 is 4.72 Å². The fraction of sp³-hybridized carbons (Fsp3) is 0. The van der Waals surface area contributed by atoms with E-state index in [4.69, 9.17) is 0 Å². The molecule has 0 spiro atoms. The summed E-state index contributed by atoms with van der Waals surface area (Å²) in [4.78, 5) is 11.5. The third kappa shape index (κ3) is 4.85. The van der Waals surface area contributed by atoms with Crippen molar-refractivity contribution in [1.29, 1.82) is 0 Å². The van der Waals surface area contributed by atoms with E-state index in [1.165, 1.54) is 4.72 Å². The maximum atomic E-state index is 13.5. The highest BCUT2D eigenvalue weighted by Gasteiger charge is 2.26. The Bertz CT molecular complexity index is 1060. The molecule has 31 heavy (non-hydrogen) atoms. The molecule has 0 aromatic heterocycles. The van der Waals surface area contributed by atoms with Gasteiger partial charge in [-0.3, -0.25) is 4.79 Å². The van der Waals surface area contributed by atoms with Crippen LogP contribution in [0, 0.1) is 58.2 Å². The van der Waals surface area contributed by atoms with E-state index in [0.29, 0.717) is 5.41 Å². The molecule has 0 fully saturated rings. The molecule has 0 saturated heterocycles. The van der Waals surface area contributed by atoms with Crippen LogP contribution in [0.2, 0.25) is 0 Å². The number of carbonyl (C=O) groups is 1. The molecular formula is C17H5F10NO2S. The van der Waals surface area contributed by atoms with Gasteiger partial charge in [-0.25, -0.2) is 43.9 Å². The smallest absolute Gasteiger partial charge is 0.285 e. The standard InChI is InChI=1S/C17H5F10NO2S/c18-8-5(9(19)13(23)16(26)12(8)22)1-2-7(29)28-31(30)4-3-6-10(20)14(24)17(27)15(25)11(6)21/h1-4H,(H,28,29)/b2-1+,4-3-. The molecule has 166 valence electrons. The van der Waals surface area contributed by atoms with Crippen LogP contribution in [0.15, 0.2) is 11.5 Å². The lowest BCUT2D eigenvalue weighted by molar-refractivity contribution is -0.114. The minimum Gasteiger partial charge on any atom is -0.588 e. The van der Waals surface area contributed by atoms with Crippen molar-refractivity contribution in [1.82, 2.24) is 4.72 Å². The largest absolute Gasteiger partial charge is 0.588 e. The highest BCUT2D eigenvalue weighted by atomic mass is 32.2. The zero-order valence-electron chi connectivity index (χ0n) is 14.3. The minimum atomic E-state index is -2.67. The Morgan fingerprint density at radius 1 is 0.613 bits per heavy atom. The van der Waals surface area contributed by atoms with Crippen molar-refractivity contribution in [2.24, 2.45) is 0 Å². The summed E-state index contributed by atoms with van der Waals surface area (Å²) in [6.07, 6.45) is 0.569. The average Bonchev–Trinajstić information content (AvgIpc) is 2.73. The topological polar surface area (TPSA) is 52.2 Å². The van der Waals surface area contributed by atoms with Crippen LogP contribution in [0.4, 0.5) is 43.9 Å². The van der Waals surface area contributed by atoms with Crippen molar-refractivity contribution in [3.63, 3.8) is 0 Å². The monoisotopic (exact) mass is 477 g/mol. The zero-order valence-corrected chi connectivity index (χ0v) is 15.1. The Labute approximate surface area is 169 Å². The van der Waals surface area contributed by atoms with Crippen molar-refractivity contribution in [2.45, 2.75) is 0 Å². The molecule has 0 radical (unpaired) electrons. The molecule has 2 aromatic rings. The normalized spacial score (nSPS) is 12.7. The van der Waals surface area contributed by atoms with Crippen molar-refractivity contribution in [3.05, 3.63) is 80.8 Å². The molecule has 14 heteroatoms. The molecule has 3 nitrogen and oxygen atoms in total. The summed E-state index contributed by atoms with van der Waals surface area (Å²) in [5, 5.41) is 0.294. The molecule has 0 saturated carbocycles. The summed E-state index contributed by atoms with van der Waals surface area (Å²) < 4.78 is 145. The first-order valence-electron chi connectivity index (χ1n) is 7.48. The van der Waals surface area contributed by atoms with Crippen LogP contribution in [-0.4, -0.2) is 10.5 Å². The van der Waals surface area contributed by atoms with E-state index in [0.717, 1.165) is 0 Å². The highest BCUT2D eigenvalue weighted by molar-refractivity contribution is 7.93. The fourth-order valence-electron chi connectivity index (χ4n) is 1.99. The van der Waals surface area contributed by atoms with Crippen LogP contribution in [0.5, 0.6) is 0 Å². The molecule has 1 atom stereocenters. The lowest BCUT2D eigenvalue weighted by Gasteiger charge is -2.06. The Morgan fingerprint density at radius 2 is 0.935 bits per heavy atom. The third-order valence-corrected chi connectivity index (χ3v) is 4.23. The second-order valence-electron chi connectivity index (χ2n) is 5.37. The van der Waals surface area contributed by atoms with Crippen molar-refractivity contribution >= 4 is 29.4 Å². The minimum absolute atomic E-state index is 0.163. The van der Waals surface area contributed by atoms with Crippen LogP contribution in [0.1, 0.15) is 11.1 Å². The Hall–Kier alpha value is -3.00. The van der Waals surface area contributed by atoms with Gasteiger partial charge < -0.3 is 4.55 Å². The van der Waals surface area contributed by atoms with Crippen LogP contribution >= 0.6 is 0 Å². The van der Waals surface area contributed by atoms with Gasteiger partial charge in [-0.05, 0) is 6.08 Å². The Balaban J connectivity index is 2.18. The van der Waals surface area contributed by atoms with Gasteiger partial charge in [0.05, 0.1) is 11.1 Å². The van der Waals surface area contributed by atoms with E-state index in [1.807, 2.05) is 0 Å². The predicted molar refractivity (Wildman–Crippen MR) is 86.8 cm³/mol. The van der Waals surface area contributed by atoms with Crippen molar-refractivity contribution < 1.29 is 53.3 Å². The number of hydrogen-bond donors (Lipinski definition) is 1. The molecule has 0 aliphatic heterocycles. The third-order valence-electron chi connectivity index (χ3n) is 3.45.